The van der Waals surface area contributed by atoms with E-state index >= 15 is 0 Å². The van der Waals surface area contributed by atoms with Gasteiger partial charge in [-0.3, -0.25) is 0 Å². The Morgan fingerprint density at radius 2 is 2.20 bits per heavy atom. The zero-order valence-corrected chi connectivity index (χ0v) is 6.56. The van der Waals surface area contributed by atoms with Crippen LogP contribution < -0.4 is 0 Å². The molecule has 0 amide bonds. The van der Waals surface area contributed by atoms with E-state index in [9.17, 15) is 0 Å². The van der Waals surface area contributed by atoms with Crippen LogP contribution in [0.3, 0.4) is 0 Å². The molecule has 0 saturated heterocycles. The minimum atomic E-state index is 0.392. The Labute approximate surface area is 62.9 Å². The summed E-state index contributed by atoms with van der Waals surface area (Å²) in [4.78, 5) is 0. The summed E-state index contributed by atoms with van der Waals surface area (Å²) in [6.07, 6.45) is 6.67. The van der Waals surface area contributed by atoms with Gasteiger partial charge in [0, 0.05) is 5.41 Å². The molecule has 0 aromatic carbocycles. The van der Waals surface area contributed by atoms with Crippen LogP contribution in [0, 0.1) is 11.3 Å². The molecule has 10 heavy (non-hydrogen) atoms. The molecule has 1 saturated carbocycles. The molecule has 0 spiro atoms. The van der Waals surface area contributed by atoms with Crippen LogP contribution in [-0.2, 0) is 0 Å². The van der Waals surface area contributed by atoms with Crippen LogP contribution in [0.4, 0.5) is 0 Å². The zero-order chi connectivity index (χ0) is 7.61. The Balaban J connectivity index is 2.68. The van der Waals surface area contributed by atoms with Gasteiger partial charge >= 0.3 is 0 Å². The maximum absolute atomic E-state index is 3.78. The largest absolute Gasteiger partial charge is 0.132 e. The molecule has 0 heteroatoms. The van der Waals surface area contributed by atoms with Crippen LogP contribution in [-0.4, -0.2) is 0 Å². The fourth-order valence-electron chi connectivity index (χ4n) is 1.31. The Morgan fingerprint density at radius 3 is 2.50 bits per heavy atom. The molecule has 1 atom stereocenters. The highest BCUT2D eigenvalue weighted by atomic mass is 14.5. The maximum Gasteiger partial charge on any atom is 0.00179 e. The van der Waals surface area contributed by atoms with E-state index in [4.69, 9.17) is 0 Å². The maximum atomic E-state index is 3.78. The summed E-state index contributed by atoms with van der Waals surface area (Å²) < 4.78 is 0. The number of hydrogen-bond donors (Lipinski definition) is 0. The van der Waals surface area contributed by atoms with E-state index in [2.05, 4.69) is 31.9 Å². The van der Waals surface area contributed by atoms with E-state index in [0.29, 0.717) is 11.3 Å². The lowest BCUT2D eigenvalue weighted by Crippen LogP contribution is -2.05. The highest BCUT2D eigenvalue weighted by Gasteiger charge is 2.43. The van der Waals surface area contributed by atoms with Gasteiger partial charge in [-0.2, -0.15) is 0 Å². The summed E-state index contributed by atoms with van der Waals surface area (Å²) in [6.45, 7) is 9.57. The van der Waals surface area contributed by atoms with Crippen molar-refractivity contribution in [2.24, 2.45) is 11.3 Å². The zero-order valence-electron chi connectivity index (χ0n) is 6.56. The molecular weight excluding hydrogens is 120 g/mol. The van der Waals surface area contributed by atoms with Crippen LogP contribution in [0.25, 0.3) is 0 Å². The molecule has 0 aromatic heterocycles. The van der Waals surface area contributed by atoms with Crippen molar-refractivity contribution in [1.29, 1.82) is 0 Å². The lowest BCUT2D eigenvalue weighted by Gasteiger charge is -2.13. The number of hydrogen-bond acceptors (Lipinski definition) is 0. The fraction of sp³-hybridized carbons (Fsp3) is 0.500. The monoisotopic (exact) mass is 134 g/mol. The van der Waals surface area contributed by atoms with Crippen molar-refractivity contribution < 1.29 is 0 Å². The van der Waals surface area contributed by atoms with E-state index in [1.165, 1.54) is 12.8 Å². The summed E-state index contributed by atoms with van der Waals surface area (Å²) in [5.74, 6) is 0.585. The molecule has 0 nitrogen and oxygen atoms in total. The molecule has 1 fully saturated rings. The first-order valence-corrected chi connectivity index (χ1v) is 3.75. The van der Waals surface area contributed by atoms with Crippen LogP contribution in [0.2, 0.25) is 0 Å². The summed E-state index contributed by atoms with van der Waals surface area (Å²) in [5.41, 5.74) is 3.26. The minimum absolute atomic E-state index is 0.392. The summed E-state index contributed by atoms with van der Waals surface area (Å²) in [7, 11) is 0. The van der Waals surface area contributed by atoms with Gasteiger partial charge in [-0.15, -0.1) is 12.3 Å². The summed E-state index contributed by atoms with van der Waals surface area (Å²) >= 11 is 0. The van der Waals surface area contributed by atoms with E-state index in [1.807, 2.05) is 6.08 Å². The van der Waals surface area contributed by atoms with Gasteiger partial charge in [0.25, 0.3) is 0 Å². The van der Waals surface area contributed by atoms with Gasteiger partial charge in [-0.05, 0) is 24.8 Å². The Bertz CT molecular complexity index is 178. The predicted molar refractivity (Wildman–Crippen MR) is 44.7 cm³/mol. The molecule has 1 rings (SSSR count). The predicted octanol–water partition coefficient (Wildman–Crippen LogP) is 2.93. The van der Waals surface area contributed by atoms with Crippen LogP contribution >= 0.6 is 0 Å². The van der Waals surface area contributed by atoms with Crippen LogP contribution in [0.5, 0.6) is 0 Å². The molecule has 0 aromatic rings. The Morgan fingerprint density at radius 1 is 1.60 bits per heavy atom. The molecule has 0 aliphatic heterocycles. The highest BCUT2D eigenvalue weighted by molar-refractivity contribution is 5.13. The van der Waals surface area contributed by atoms with Gasteiger partial charge in [0.2, 0.25) is 0 Å². The molecular formula is C10H14. The molecule has 0 N–H and O–H groups in total. The molecule has 0 bridgehead atoms. The second kappa shape index (κ2) is 2.48. The van der Waals surface area contributed by atoms with Gasteiger partial charge in [-0.25, -0.2) is 0 Å². The normalized spacial score (nSPS) is 22.5. The van der Waals surface area contributed by atoms with E-state index in [0.717, 1.165) is 0 Å². The third kappa shape index (κ3) is 1.08. The van der Waals surface area contributed by atoms with Crippen molar-refractivity contribution in [1.82, 2.24) is 0 Å². The van der Waals surface area contributed by atoms with Crippen molar-refractivity contribution in [3.8, 4) is 0 Å². The summed E-state index contributed by atoms with van der Waals surface area (Å²) in [6, 6.07) is 0. The first kappa shape index (κ1) is 7.37. The minimum Gasteiger partial charge on any atom is -0.132 e. The second-order valence-corrected chi connectivity index (χ2v) is 3.11. The van der Waals surface area contributed by atoms with Gasteiger partial charge in [0.15, 0.2) is 0 Å². The SMILES string of the molecule is C=C=CC1(C(C)C=C)CC1. The van der Waals surface area contributed by atoms with Gasteiger partial charge in [0.1, 0.15) is 0 Å². The quantitative estimate of drug-likeness (QED) is 0.411. The van der Waals surface area contributed by atoms with E-state index < -0.39 is 0 Å². The third-order valence-corrected chi connectivity index (χ3v) is 2.48. The average Bonchev–Trinajstić information content (AvgIpc) is 2.69. The Hall–Kier alpha value is -0.740. The smallest absolute Gasteiger partial charge is 0.00179 e. The Kier molecular flexibility index (Phi) is 1.82. The topological polar surface area (TPSA) is 0 Å². The lowest BCUT2D eigenvalue weighted by molar-refractivity contribution is 0.497. The number of rotatable bonds is 3. The van der Waals surface area contributed by atoms with E-state index in [-0.39, 0.29) is 0 Å². The fourth-order valence-corrected chi connectivity index (χ4v) is 1.31. The molecule has 0 heterocycles. The van der Waals surface area contributed by atoms with Crippen molar-refractivity contribution in [3.05, 3.63) is 31.0 Å². The molecule has 54 valence electrons. The van der Waals surface area contributed by atoms with Crippen LogP contribution in [0.15, 0.2) is 31.0 Å². The van der Waals surface area contributed by atoms with Crippen molar-refractivity contribution in [3.63, 3.8) is 0 Å². The van der Waals surface area contributed by atoms with Gasteiger partial charge in [0.05, 0.1) is 0 Å². The summed E-state index contributed by atoms with van der Waals surface area (Å²) in [5, 5.41) is 0. The van der Waals surface area contributed by atoms with Gasteiger partial charge in [-0.1, -0.05) is 19.6 Å². The molecule has 0 radical (unpaired) electrons. The van der Waals surface area contributed by atoms with E-state index in [1.54, 1.807) is 0 Å². The molecule has 1 aliphatic rings. The van der Waals surface area contributed by atoms with Crippen molar-refractivity contribution >= 4 is 0 Å². The highest BCUT2D eigenvalue weighted by Crippen LogP contribution is 2.53. The average molecular weight is 134 g/mol. The lowest BCUT2D eigenvalue weighted by atomic mass is 9.91. The standard InChI is InChI=1S/C10H14/c1-4-6-10(7-8-10)9(3)5-2/h5-6,9H,1-2,7-8H2,3H3. The third-order valence-electron chi connectivity index (χ3n) is 2.48. The van der Waals surface area contributed by atoms with Gasteiger partial charge < -0.3 is 0 Å². The first-order chi connectivity index (χ1) is 4.75. The van der Waals surface area contributed by atoms with Crippen LogP contribution in [0.1, 0.15) is 19.8 Å². The second-order valence-electron chi connectivity index (χ2n) is 3.11. The first-order valence-electron chi connectivity index (χ1n) is 3.75. The molecule has 1 unspecified atom stereocenters. The van der Waals surface area contributed by atoms with Crippen molar-refractivity contribution in [2.45, 2.75) is 19.8 Å². The molecule has 1 aliphatic carbocycles. The van der Waals surface area contributed by atoms with Crippen molar-refractivity contribution in [2.75, 3.05) is 0 Å². The number of allylic oxidation sites excluding steroid dienone is 2.